The number of nitrogens with zero attached hydrogens (tertiary/aromatic N) is 7. The van der Waals surface area contributed by atoms with E-state index in [-0.39, 0.29) is 0 Å². The van der Waals surface area contributed by atoms with Gasteiger partial charge in [0.05, 0.1) is 19.0 Å². The van der Waals surface area contributed by atoms with Gasteiger partial charge in [0.25, 0.3) is 0 Å². The fourth-order valence-electron chi connectivity index (χ4n) is 3.35. The second-order valence-corrected chi connectivity index (χ2v) is 6.75. The Morgan fingerprint density at radius 1 is 1.00 bits per heavy atom. The summed E-state index contributed by atoms with van der Waals surface area (Å²) < 4.78 is 11.0. The zero-order chi connectivity index (χ0) is 19.7. The number of para-hydroxylation sites is 1. The average Bonchev–Trinajstić information content (AvgIpc) is 3.35. The maximum Gasteiger partial charge on any atom is 0.155 e. The maximum atomic E-state index is 5.47. The van der Waals surface area contributed by atoms with E-state index in [1.807, 2.05) is 66.9 Å². The molecule has 0 fully saturated rings. The van der Waals surface area contributed by atoms with E-state index in [1.165, 1.54) is 0 Å². The number of hydrogen-bond donors (Lipinski definition) is 0. The van der Waals surface area contributed by atoms with Crippen molar-refractivity contribution in [3.63, 3.8) is 0 Å². The number of aryl methyl sites for hydroxylation is 3. The smallest absolute Gasteiger partial charge is 0.155 e. The lowest BCUT2D eigenvalue weighted by molar-refractivity contribution is 0.410. The molecule has 4 rings (SSSR count). The molecule has 1 aromatic carbocycles. The second kappa shape index (κ2) is 7.30. The van der Waals surface area contributed by atoms with Crippen LogP contribution in [0.5, 0.6) is 5.75 Å². The van der Waals surface area contributed by atoms with Gasteiger partial charge in [-0.25, -0.2) is 4.98 Å². The minimum absolute atomic E-state index is 0.591. The first-order valence-electron chi connectivity index (χ1n) is 9.09. The first-order chi connectivity index (χ1) is 13.5. The highest BCUT2D eigenvalue weighted by atomic mass is 16.5. The molecule has 0 aliphatic rings. The molecule has 8 heteroatoms. The van der Waals surface area contributed by atoms with Crippen molar-refractivity contribution < 1.29 is 4.74 Å². The summed E-state index contributed by atoms with van der Waals surface area (Å²) in [6.07, 6.45) is 5.02. The van der Waals surface area contributed by atoms with E-state index in [0.717, 1.165) is 40.0 Å². The van der Waals surface area contributed by atoms with Crippen LogP contribution in [0.4, 0.5) is 0 Å². The molecule has 8 nitrogen and oxygen atoms in total. The number of methoxy groups -OCH3 is 1. The number of aromatic nitrogens is 7. The Bertz CT molecular complexity index is 1110. The van der Waals surface area contributed by atoms with E-state index < -0.39 is 0 Å². The lowest BCUT2D eigenvalue weighted by Gasteiger charge is -2.06. The minimum Gasteiger partial charge on any atom is -0.496 e. The van der Waals surface area contributed by atoms with Gasteiger partial charge in [0.15, 0.2) is 11.6 Å². The lowest BCUT2D eigenvalue weighted by Crippen LogP contribution is -2.09. The molecule has 28 heavy (non-hydrogen) atoms. The molecule has 0 aliphatic heterocycles. The van der Waals surface area contributed by atoms with Crippen LogP contribution in [-0.2, 0) is 26.9 Å². The molecule has 0 atom stereocenters. The van der Waals surface area contributed by atoms with Gasteiger partial charge in [-0.3, -0.25) is 9.36 Å². The van der Waals surface area contributed by atoms with Crippen LogP contribution in [0.2, 0.25) is 0 Å². The Morgan fingerprint density at radius 2 is 1.82 bits per heavy atom. The third-order valence-corrected chi connectivity index (χ3v) is 4.73. The molecular weight excluding hydrogens is 354 g/mol. The summed E-state index contributed by atoms with van der Waals surface area (Å²) in [5, 5.41) is 13.5. The van der Waals surface area contributed by atoms with E-state index >= 15 is 0 Å². The van der Waals surface area contributed by atoms with Gasteiger partial charge in [-0.2, -0.15) is 14.9 Å². The lowest BCUT2D eigenvalue weighted by atomic mass is 10.1. The van der Waals surface area contributed by atoms with E-state index in [1.54, 1.807) is 18.0 Å². The summed E-state index contributed by atoms with van der Waals surface area (Å²) in [4.78, 5) is 4.84. The van der Waals surface area contributed by atoms with Crippen molar-refractivity contribution in [3.05, 3.63) is 71.2 Å². The van der Waals surface area contributed by atoms with Crippen molar-refractivity contribution in [1.29, 1.82) is 0 Å². The maximum absolute atomic E-state index is 5.47. The molecule has 0 saturated heterocycles. The van der Waals surface area contributed by atoms with Gasteiger partial charge in [-0.1, -0.05) is 18.2 Å². The number of ether oxygens (including phenoxy) is 1. The molecule has 0 bridgehead atoms. The first kappa shape index (κ1) is 18.0. The summed E-state index contributed by atoms with van der Waals surface area (Å²) in [7, 11) is 5.50. The normalized spacial score (nSPS) is 11.1. The fourth-order valence-corrected chi connectivity index (χ4v) is 3.35. The van der Waals surface area contributed by atoms with Crippen molar-refractivity contribution in [2.45, 2.75) is 19.8 Å². The molecule has 0 unspecified atom stereocenters. The van der Waals surface area contributed by atoms with Crippen molar-refractivity contribution in [1.82, 2.24) is 34.3 Å². The molecule has 0 radical (unpaired) electrons. The highest BCUT2D eigenvalue weighted by Crippen LogP contribution is 2.21. The summed E-state index contributed by atoms with van der Waals surface area (Å²) >= 11 is 0. The standard InChI is InChI=1S/C20H23N7O/c1-14-16(13-25(2)23-14)12-19-22-18(11-15-7-5-6-8-17(15)28-4)24-27(19)20-9-10-21-26(20)3/h5-10,13H,11-12H2,1-4H3. The molecule has 0 amide bonds. The monoisotopic (exact) mass is 377 g/mol. The van der Waals surface area contributed by atoms with E-state index in [0.29, 0.717) is 12.8 Å². The summed E-state index contributed by atoms with van der Waals surface area (Å²) in [6, 6.07) is 9.87. The Balaban J connectivity index is 1.74. The van der Waals surface area contributed by atoms with Gasteiger partial charge in [0.1, 0.15) is 11.6 Å². The van der Waals surface area contributed by atoms with Crippen molar-refractivity contribution in [2.75, 3.05) is 7.11 Å². The highest BCUT2D eigenvalue weighted by Gasteiger charge is 2.17. The SMILES string of the molecule is COc1ccccc1Cc1nc(Cc2cn(C)nc2C)n(-c2ccnn2C)n1. The molecule has 0 aliphatic carbocycles. The minimum atomic E-state index is 0.591. The van der Waals surface area contributed by atoms with Crippen LogP contribution in [0, 0.1) is 6.92 Å². The Labute approximate surface area is 163 Å². The zero-order valence-corrected chi connectivity index (χ0v) is 16.5. The summed E-state index contributed by atoms with van der Waals surface area (Å²) in [5.41, 5.74) is 3.17. The molecule has 0 N–H and O–H groups in total. The second-order valence-electron chi connectivity index (χ2n) is 6.75. The van der Waals surface area contributed by atoms with Gasteiger partial charge < -0.3 is 4.74 Å². The third kappa shape index (κ3) is 3.40. The predicted octanol–water partition coefficient (Wildman–Crippen LogP) is 2.23. The van der Waals surface area contributed by atoms with Crippen LogP contribution in [0.3, 0.4) is 0 Å². The van der Waals surface area contributed by atoms with Crippen LogP contribution < -0.4 is 4.74 Å². The van der Waals surface area contributed by atoms with Gasteiger partial charge in [-0.15, -0.1) is 5.10 Å². The van der Waals surface area contributed by atoms with Crippen LogP contribution in [-0.4, -0.2) is 41.4 Å². The van der Waals surface area contributed by atoms with Crippen molar-refractivity contribution in [2.24, 2.45) is 14.1 Å². The van der Waals surface area contributed by atoms with Crippen LogP contribution >= 0.6 is 0 Å². The molecule has 3 aromatic heterocycles. The third-order valence-electron chi connectivity index (χ3n) is 4.73. The molecule has 4 aromatic rings. The molecule has 0 spiro atoms. The number of hydrogen-bond acceptors (Lipinski definition) is 5. The van der Waals surface area contributed by atoms with E-state index in [9.17, 15) is 0 Å². The quantitative estimate of drug-likeness (QED) is 0.515. The topological polar surface area (TPSA) is 75.6 Å². The van der Waals surface area contributed by atoms with Crippen molar-refractivity contribution in [3.8, 4) is 11.6 Å². The van der Waals surface area contributed by atoms with Crippen LogP contribution in [0.1, 0.15) is 28.5 Å². The Kier molecular flexibility index (Phi) is 4.68. The molecule has 3 heterocycles. The van der Waals surface area contributed by atoms with Gasteiger partial charge in [-0.05, 0) is 13.0 Å². The zero-order valence-electron chi connectivity index (χ0n) is 16.5. The first-order valence-corrected chi connectivity index (χ1v) is 9.09. The molecule has 144 valence electrons. The Morgan fingerprint density at radius 3 is 2.50 bits per heavy atom. The van der Waals surface area contributed by atoms with Gasteiger partial charge in [0, 0.05) is 50.3 Å². The van der Waals surface area contributed by atoms with E-state index in [2.05, 4.69) is 10.2 Å². The van der Waals surface area contributed by atoms with E-state index in [4.69, 9.17) is 14.8 Å². The molecular formula is C20H23N7O. The number of rotatable bonds is 6. The van der Waals surface area contributed by atoms with Gasteiger partial charge >= 0.3 is 0 Å². The van der Waals surface area contributed by atoms with Gasteiger partial charge in [0.2, 0.25) is 0 Å². The number of benzene rings is 1. The van der Waals surface area contributed by atoms with Crippen LogP contribution in [0.15, 0.2) is 42.7 Å². The molecule has 0 saturated carbocycles. The van der Waals surface area contributed by atoms with Crippen LogP contribution in [0.25, 0.3) is 5.82 Å². The van der Waals surface area contributed by atoms with Crippen molar-refractivity contribution >= 4 is 0 Å². The fraction of sp³-hybridized carbons (Fsp3) is 0.300. The summed E-state index contributed by atoms with van der Waals surface area (Å²) in [5.74, 6) is 3.30. The summed E-state index contributed by atoms with van der Waals surface area (Å²) in [6.45, 7) is 2.01. The average molecular weight is 377 g/mol. The Hall–Kier alpha value is -3.42. The highest BCUT2D eigenvalue weighted by molar-refractivity contribution is 5.36. The largest absolute Gasteiger partial charge is 0.496 e. The predicted molar refractivity (Wildman–Crippen MR) is 105 cm³/mol.